The van der Waals surface area contributed by atoms with Gasteiger partial charge in [0, 0.05) is 18.7 Å². The van der Waals surface area contributed by atoms with E-state index in [1.54, 1.807) is 0 Å². The van der Waals surface area contributed by atoms with Crippen LogP contribution in [-0.2, 0) is 16.1 Å². The van der Waals surface area contributed by atoms with Crippen molar-refractivity contribution in [3.8, 4) is 5.75 Å². The smallest absolute Gasteiger partial charge is 0.325 e. The number of hydrogen-bond acceptors (Lipinski definition) is 4. The first-order valence-electron chi connectivity index (χ1n) is 4.84. The Balaban J connectivity index is 3.35. The van der Waals surface area contributed by atoms with Crippen molar-refractivity contribution in [2.75, 3.05) is 14.2 Å². The maximum absolute atomic E-state index is 13.3. The largest absolute Gasteiger partial charge is 0.496 e. The Morgan fingerprint density at radius 2 is 2.18 bits per heavy atom. The van der Waals surface area contributed by atoms with Crippen LogP contribution in [0.3, 0.4) is 0 Å². The molecule has 1 unspecified atom stereocenters. The minimum Gasteiger partial charge on any atom is -0.496 e. The standard InChI is InChI=1S/C11H14FNO4/c1-16-5-6-3-7(12)4-8(17-2)9(6)10(13)11(14)15/h3-4,10H,5,13H2,1-2H3,(H,14,15). The molecule has 0 radical (unpaired) electrons. The van der Waals surface area contributed by atoms with Crippen LogP contribution < -0.4 is 10.5 Å². The van der Waals surface area contributed by atoms with Gasteiger partial charge in [0.15, 0.2) is 0 Å². The number of ether oxygens (including phenoxy) is 2. The lowest BCUT2D eigenvalue weighted by Crippen LogP contribution is -2.23. The molecule has 3 N–H and O–H groups in total. The number of nitrogens with two attached hydrogens (primary N) is 1. The molecular weight excluding hydrogens is 229 g/mol. The molecule has 0 aliphatic carbocycles. The number of hydrogen-bond donors (Lipinski definition) is 2. The molecule has 0 aliphatic rings. The Hall–Kier alpha value is -1.66. The second-order valence-corrected chi connectivity index (χ2v) is 3.43. The summed E-state index contributed by atoms with van der Waals surface area (Å²) in [5.74, 6) is -1.64. The molecule has 1 aromatic rings. The molecule has 5 nitrogen and oxygen atoms in total. The Bertz CT molecular complexity index is 422. The molecule has 0 aliphatic heterocycles. The van der Waals surface area contributed by atoms with Gasteiger partial charge in [-0.05, 0) is 11.6 Å². The molecule has 0 spiro atoms. The summed E-state index contributed by atoms with van der Waals surface area (Å²) in [5.41, 5.74) is 6.12. The minimum atomic E-state index is -1.28. The van der Waals surface area contributed by atoms with Crippen LogP contribution in [0.2, 0.25) is 0 Å². The number of carbonyl (C=O) groups is 1. The van der Waals surface area contributed by atoms with Gasteiger partial charge in [0.25, 0.3) is 0 Å². The molecule has 0 fully saturated rings. The van der Waals surface area contributed by atoms with Crippen LogP contribution in [0.5, 0.6) is 5.75 Å². The molecule has 0 heterocycles. The van der Waals surface area contributed by atoms with Crippen molar-refractivity contribution in [3.63, 3.8) is 0 Å². The van der Waals surface area contributed by atoms with Crippen LogP contribution in [0.1, 0.15) is 17.2 Å². The average Bonchev–Trinajstić information content (AvgIpc) is 2.27. The lowest BCUT2D eigenvalue weighted by molar-refractivity contribution is -0.138. The molecule has 17 heavy (non-hydrogen) atoms. The third kappa shape index (κ3) is 2.92. The van der Waals surface area contributed by atoms with Crippen LogP contribution in [0.15, 0.2) is 12.1 Å². The first-order valence-corrected chi connectivity index (χ1v) is 4.84. The van der Waals surface area contributed by atoms with Gasteiger partial charge >= 0.3 is 5.97 Å². The van der Waals surface area contributed by atoms with E-state index >= 15 is 0 Å². The normalized spacial score (nSPS) is 12.2. The van der Waals surface area contributed by atoms with E-state index in [0.29, 0.717) is 5.56 Å². The maximum Gasteiger partial charge on any atom is 0.325 e. The fraction of sp³-hybridized carbons (Fsp3) is 0.364. The molecule has 1 atom stereocenters. The average molecular weight is 243 g/mol. The van der Waals surface area contributed by atoms with Crippen LogP contribution in [0.25, 0.3) is 0 Å². The van der Waals surface area contributed by atoms with E-state index in [0.717, 1.165) is 6.07 Å². The summed E-state index contributed by atoms with van der Waals surface area (Å²) in [5, 5.41) is 8.90. The van der Waals surface area contributed by atoms with Gasteiger partial charge in [-0.2, -0.15) is 0 Å². The van der Waals surface area contributed by atoms with E-state index in [1.165, 1.54) is 20.3 Å². The zero-order valence-corrected chi connectivity index (χ0v) is 9.57. The summed E-state index contributed by atoms with van der Waals surface area (Å²) in [6.07, 6.45) is 0. The zero-order chi connectivity index (χ0) is 13.0. The third-order valence-electron chi connectivity index (χ3n) is 2.29. The molecule has 0 amide bonds. The van der Waals surface area contributed by atoms with Crippen molar-refractivity contribution in [1.29, 1.82) is 0 Å². The number of benzene rings is 1. The first kappa shape index (κ1) is 13.4. The van der Waals surface area contributed by atoms with E-state index in [4.69, 9.17) is 20.3 Å². The molecule has 0 saturated carbocycles. The third-order valence-corrected chi connectivity index (χ3v) is 2.29. The van der Waals surface area contributed by atoms with Crippen molar-refractivity contribution < 1.29 is 23.8 Å². The fourth-order valence-electron chi connectivity index (χ4n) is 1.57. The Kier molecular flexibility index (Phi) is 4.42. The topological polar surface area (TPSA) is 81.8 Å². The second kappa shape index (κ2) is 5.60. The molecule has 0 bridgehead atoms. The van der Waals surface area contributed by atoms with Crippen LogP contribution >= 0.6 is 0 Å². The number of aliphatic carboxylic acids is 1. The van der Waals surface area contributed by atoms with Gasteiger partial charge in [-0.1, -0.05) is 0 Å². The Labute approximate surface area is 97.9 Å². The van der Waals surface area contributed by atoms with Crippen molar-refractivity contribution >= 4 is 5.97 Å². The van der Waals surface area contributed by atoms with Gasteiger partial charge in [-0.15, -0.1) is 0 Å². The zero-order valence-electron chi connectivity index (χ0n) is 9.57. The van der Waals surface area contributed by atoms with Gasteiger partial charge in [0.05, 0.1) is 13.7 Å². The first-order chi connectivity index (χ1) is 8.01. The van der Waals surface area contributed by atoms with Crippen molar-refractivity contribution in [2.45, 2.75) is 12.6 Å². The highest BCUT2D eigenvalue weighted by Crippen LogP contribution is 2.29. The van der Waals surface area contributed by atoms with Gasteiger partial charge in [0.2, 0.25) is 0 Å². The lowest BCUT2D eigenvalue weighted by Gasteiger charge is -2.16. The summed E-state index contributed by atoms with van der Waals surface area (Å²) in [7, 11) is 2.75. The molecule has 0 saturated heterocycles. The number of carboxylic acid groups (broad SMARTS) is 1. The molecule has 1 aromatic carbocycles. The predicted molar refractivity (Wildman–Crippen MR) is 58.2 cm³/mol. The van der Waals surface area contributed by atoms with Gasteiger partial charge < -0.3 is 20.3 Å². The van der Waals surface area contributed by atoms with Crippen LogP contribution in [0, 0.1) is 5.82 Å². The van der Waals surface area contributed by atoms with Crippen molar-refractivity contribution in [2.24, 2.45) is 5.73 Å². The highest BCUT2D eigenvalue weighted by molar-refractivity contribution is 5.77. The minimum absolute atomic E-state index is 0.0600. The SMILES string of the molecule is COCc1cc(F)cc(OC)c1C(N)C(=O)O. The number of methoxy groups -OCH3 is 2. The molecular formula is C11H14FNO4. The highest BCUT2D eigenvalue weighted by Gasteiger charge is 2.23. The van der Waals surface area contributed by atoms with E-state index in [2.05, 4.69) is 0 Å². The van der Waals surface area contributed by atoms with Gasteiger partial charge in [-0.25, -0.2) is 4.39 Å². The molecule has 6 heteroatoms. The van der Waals surface area contributed by atoms with E-state index in [9.17, 15) is 9.18 Å². The van der Waals surface area contributed by atoms with Crippen LogP contribution in [-0.4, -0.2) is 25.3 Å². The summed E-state index contributed by atoms with van der Waals surface area (Å²) in [6, 6.07) is 0.997. The summed E-state index contributed by atoms with van der Waals surface area (Å²) in [6.45, 7) is 0.0600. The van der Waals surface area contributed by atoms with Crippen molar-refractivity contribution in [3.05, 3.63) is 29.1 Å². The number of rotatable bonds is 5. The fourth-order valence-corrected chi connectivity index (χ4v) is 1.57. The maximum atomic E-state index is 13.3. The Morgan fingerprint density at radius 1 is 1.53 bits per heavy atom. The second-order valence-electron chi connectivity index (χ2n) is 3.43. The predicted octanol–water partition coefficient (Wildman–Crippen LogP) is 1.07. The monoisotopic (exact) mass is 243 g/mol. The summed E-state index contributed by atoms with van der Waals surface area (Å²) in [4.78, 5) is 10.9. The van der Waals surface area contributed by atoms with Crippen molar-refractivity contribution in [1.82, 2.24) is 0 Å². The summed E-state index contributed by atoms with van der Waals surface area (Å²) < 4.78 is 23.1. The van der Waals surface area contributed by atoms with E-state index < -0.39 is 17.8 Å². The number of carboxylic acids is 1. The molecule has 1 rings (SSSR count). The highest BCUT2D eigenvalue weighted by atomic mass is 19.1. The lowest BCUT2D eigenvalue weighted by atomic mass is 9.99. The van der Waals surface area contributed by atoms with E-state index in [-0.39, 0.29) is 17.9 Å². The van der Waals surface area contributed by atoms with Crippen LogP contribution in [0.4, 0.5) is 4.39 Å². The number of halogens is 1. The van der Waals surface area contributed by atoms with Gasteiger partial charge in [-0.3, -0.25) is 4.79 Å². The van der Waals surface area contributed by atoms with Gasteiger partial charge in [0.1, 0.15) is 17.6 Å². The summed E-state index contributed by atoms with van der Waals surface area (Å²) >= 11 is 0. The Morgan fingerprint density at radius 3 is 2.65 bits per heavy atom. The molecule has 0 aromatic heterocycles. The quantitative estimate of drug-likeness (QED) is 0.808. The van der Waals surface area contributed by atoms with E-state index in [1.807, 2.05) is 0 Å². The molecule has 94 valence electrons.